The van der Waals surface area contributed by atoms with Crippen molar-refractivity contribution in [3.05, 3.63) is 89.0 Å². The number of benzene rings is 3. The van der Waals surface area contributed by atoms with Crippen LogP contribution in [0.1, 0.15) is 31.8 Å². The first kappa shape index (κ1) is 17.4. The fraction of sp³-hybridized carbons (Fsp3) is 0.0909. The highest BCUT2D eigenvalue weighted by molar-refractivity contribution is 7.99. The van der Waals surface area contributed by atoms with Crippen LogP contribution in [0.5, 0.6) is 0 Å². The number of nitrogens with one attached hydrogen (secondary N) is 2. The molecule has 0 atom stereocenters. The van der Waals surface area contributed by atoms with Crippen LogP contribution in [-0.2, 0) is 6.54 Å². The second-order valence-electron chi connectivity index (χ2n) is 6.43. The van der Waals surface area contributed by atoms with E-state index in [0.717, 1.165) is 15.4 Å². The van der Waals surface area contributed by atoms with Gasteiger partial charge in [-0.3, -0.25) is 9.59 Å². The molecule has 2 N–H and O–H groups in total. The average molecular weight is 374 g/mol. The highest BCUT2D eigenvalue weighted by atomic mass is 32.2. The summed E-state index contributed by atoms with van der Waals surface area (Å²) >= 11 is 1.52. The Morgan fingerprint density at radius 3 is 2.59 bits per heavy atom. The second kappa shape index (κ2) is 7.29. The third-order valence-corrected chi connectivity index (χ3v) is 5.57. The van der Waals surface area contributed by atoms with E-state index in [1.807, 2.05) is 55.5 Å². The topological polar surface area (TPSA) is 58.2 Å². The highest BCUT2D eigenvalue weighted by Crippen LogP contribution is 2.38. The van der Waals surface area contributed by atoms with Crippen molar-refractivity contribution in [3.8, 4) is 0 Å². The van der Waals surface area contributed by atoms with Crippen LogP contribution in [0.15, 0.2) is 76.5 Å². The number of aryl methyl sites for hydroxylation is 1. The van der Waals surface area contributed by atoms with E-state index >= 15 is 0 Å². The standard InChI is InChI=1S/C22H18N2O2S/c1-14-6-8-15(9-7-14)13-23-21(25)16-10-11-20-18(12-16)24-22(26)17-4-2-3-5-19(17)27-20/h2-12H,13H2,1H3,(H,23,25)(H,24,26). The molecular weight excluding hydrogens is 356 g/mol. The lowest BCUT2D eigenvalue weighted by Gasteiger charge is -2.10. The smallest absolute Gasteiger partial charge is 0.256 e. The molecule has 0 radical (unpaired) electrons. The van der Waals surface area contributed by atoms with E-state index in [9.17, 15) is 9.59 Å². The summed E-state index contributed by atoms with van der Waals surface area (Å²) in [7, 11) is 0. The van der Waals surface area contributed by atoms with Gasteiger partial charge in [0, 0.05) is 21.9 Å². The van der Waals surface area contributed by atoms with Crippen molar-refractivity contribution < 1.29 is 9.59 Å². The molecule has 1 heterocycles. The van der Waals surface area contributed by atoms with Gasteiger partial charge in [-0.15, -0.1) is 0 Å². The van der Waals surface area contributed by atoms with Crippen LogP contribution in [0.25, 0.3) is 0 Å². The van der Waals surface area contributed by atoms with Gasteiger partial charge in [0.1, 0.15) is 0 Å². The number of carbonyl (C=O) groups is 2. The van der Waals surface area contributed by atoms with Crippen LogP contribution in [0.4, 0.5) is 5.69 Å². The van der Waals surface area contributed by atoms with Crippen LogP contribution >= 0.6 is 11.8 Å². The molecule has 1 aliphatic heterocycles. The predicted octanol–water partition coefficient (Wildman–Crippen LogP) is 4.64. The van der Waals surface area contributed by atoms with Gasteiger partial charge in [0.05, 0.1) is 11.3 Å². The minimum absolute atomic E-state index is 0.158. The Kier molecular flexibility index (Phi) is 4.69. The van der Waals surface area contributed by atoms with Crippen molar-refractivity contribution >= 4 is 29.3 Å². The fourth-order valence-corrected chi connectivity index (χ4v) is 3.91. The summed E-state index contributed by atoms with van der Waals surface area (Å²) in [6.07, 6.45) is 0. The van der Waals surface area contributed by atoms with E-state index in [4.69, 9.17) is 0 Å². The SMILES string of the molecule is Cc1ccc(CNC(=O)c2ccc3c(c2)NC(=O)c2ccccc2S3)cc1. The van der Waals surface area contributed by atoms with Crippen LogP contribution in [0, 0.1) is 6.92 Å². The lowest BCUT2D eigenvalue weighted by atomic mass is 10.1. The Morgan fingerprint density at radius 2 is 1.78 bits per heavy atom. The van der Waals surface area contributed by atoms with Crippen LogP contribution in [0.3, 0.4) is 0 Å². The third kappa shape index (κ3) is 3.73. The maximum absolute atomic E-state index is 12.5. The largest absolute Gasteiger partial charge is 0.348 e. The molecule has 0 spiro atoms. The van der Waals surface area contributed by atoms with Gasteiger partial charge in [0.25, 0.3) is 11.8 Å². The zero-order valence-electron chi connectivity index (χ0n) is 14.8. The summed E-state index contributed by atoms with van der Waals surface area (Å²) in [5.41, 5.74) is 4.05. The van der Waals surface area contributed by atoms with Gasteiger partial charge in [-0.1, -0.05) is 53.7 Å². The first-order valence-corrected chi connectivity index (χ1v) is 9.48. The molecule has 4 nitrogen and oxygen atoms in total. The lowest BCUT2D eigenvalue weighted by molar-refractivity contribution is 0.0949. The molecule has 3 aromatic rings. The van der Waals surface area contributed by atoms with Crippen molar-refractivity contribution in [3.63, 3.8) is 0 Å². The Morgan fingerprint density at radius 1 is 1.00 bits per heavy atom. The van der Waals surface area contributed by atoms with Crippen molar-refractivity contribution in [2.75, 3.05) is 5.32 Å². The van der Waals surface area contributed by atoms with Crippen molar-refractivity contribution in [2.45, 2.75) is 23.3 Å². The number of hydrogen-bond acceptors (Lipinski definition) is 3. The molecule has 0 aliphatic carbocycles. The fourth-order valence-electron chi connectivity index (χ4n) is 2.90. The van der Waals surface area contributed by atoms with E-state index in [1.54, 1.807) is 18.2 Å². The summed E-state index contributed by atoms with van der Waals surface area (Å²) in [6.45, 7) is 2.49. The number of carbonyl (C=O) groups excluding carboxylic acids is 2. The molecule has 0 fully saturated rings. The predicted molar refractivity (Wildman–Crippen MR) is 107 cm³/mol. The molecule has 4 rings (SSSR count). The molecule has 0 unspecified atom stereocenters. The molecule has 5 heteroatoms. The van der Waals surface area contributed by atoms with E-state index in [-0.39, 0.29) is 11.8 Å². The zero-order chi connectivity index (χ0) is 18.8. The van der Waals surface area contributed by atoms with E-state index in [1.165, 1.54) is 17.3 Å². The lowest BCUT2D eigenvalue weighted by Crippen LogP contribution is -2.23. The molecule has 0 aromatic heterocycles. The summed E-state index contributed by atoms with van der Waals surface area (Å²) in [4.78, 5) is 26.8. The van der Waals surface area contributed by atoms with E-state index in [2.05, 4.69) is 10.6 Å². The first-order valence-electron chi connectivity index (χ1n) is 8.66. The van der Waals surface area contributed by atoms with Gasteiger partial charge in [-0.2, -0.15) is 0 Å². The summed E-state index contributed by atoms with van der Waals surface area (Å²) < 4.78 is 0. The van der Waals surface area contributed by atoms with Gasteiger partial charge in [-0.25, -0.2) is 0 Å². The molecule has 0 bridgehead atoms. The molecule has 1 aliphatic rings. The Bertz CT molecular complexity index is 1030. The number of hydrogen-bond donors (Lipinski definition) is 2. The normalized spacial score (nSPS) is 12.4. The quantitative estimate of drug-likeness (QED) is 0.702. The monoisotopic (exact) mass is 374 g/mol. The van der Waals surface area contributed by atoms with Crippen LogP contribution in [-0.4, -0.2) is 11.8 Å². The Labute approximate surface area is 162 Å². The summed E-state index contributed by atoms with van der Waals surface area (Å²) in [5.74, 6) is -0.326. The highest BCUT2D eigenvalue weighted by Gasteiger charge is 2.20. The Hall–Kier alpha value is -3.05. The van der Waals surface area contributed by atoms with Crippen molar-refractivity contribution in [1.82, 2.24) is 5.32 Å². The van der Waals surface area contributed by atoms with Crippen molar-refractivity contribution in [1.29, 1.82) is 0 Å². The molecule has 134 valence electrons. The zero-order valence-corrected chi connectivity index (χ0v) is 15.6. The average Bonchev–Trinajstić information content (AvgIpc) is 2.82. The maximum Gasteiger partial charge on any atom is 0.256 e. The van der Waals surface area contributed by atoms with Gasteiger partial charge in [0.2, 0.25) is 0 Å². The number of amides is 2. The molecule has 0 saturated carbocycles. The minimum atomic E-state index is -0.167. The minimum Gasteiger partial charge on any atom is -0.348 e. The maximum atomic E-state index is 12.5. The van der Waals surface area contributed by atoms with Gasteiger partial charge in [0.15, 0.2) is 0 Å². The van der Waals surface area contributed by atoms with Gasteiger partial charge in [-0.05, 0) is 42.8 Å². The summed E-state index contributed by atoms with van der Waals surface area (Å²) in [5, 5.41) is 5.84. The second-order valence-corrected chi connectivity index (χ2v) is 7.52. The molecule has 27 heavy (non-hydrogen) atoms. The van der Waals surface area contributed by atoms with Crippen LogP contribution < -0.4 is 10.6 Å². The number of fused-ring (bicyclic) bond motifs is 2. The van der Waals surface area contributed by atoms with Gasteiger partial charge < -0.3 is 10.6 Å². The third-order valence-electron chi connectivity index (χ3n) is 4.42. The number of anilines is 1. The Balaban J connectivity index is 1.53. The van der Waals surface area contributed by atoms with Crippen molar-refractivity contribution in [2.24, 2.45) is 0 Å². The van der Waals surface area contributed by atoms with Gasteiger partial charge >= 0.3 is 0 Å². The first-order chi connectivity index (χ1) is 13.1. The van der Waals surface area contributed by atoms with E-state index < -0.39 is 0 Å². The molecule has 0 saturated heterocycles. The molecular formula is C22H18N2O2S. The van der Waals surface area contributed by atoms with E-state index in [0.29, 0.717) is 23.4 Å². The molecule has 3 aromatic carbocycles. The summed E-state index contributed by atoms with van der Waals surface area (Å²) in [6, 6.07) is 20.9. The molecule has 2 amide bonds. The number of rotatable bonds is 3. The van der Waals surface area contributed by atoms with Crippen LogP contribution in [0.2, 0.25) is 0 Å².